The zero-order chi connectivity index (χ0) is 9.23. The van der Waals surface area contributed by atoms with Crippen molar-refractivity contribution >= 4 is 23.5 Å². The van der Waals surface area contributed by atoms with Crippen LogP contribution in [-0.2, 0) is 0 Å². The van der Waals surface area contributed by atoms with Gasteiger partial charge in [-0.15, -0.1) is 0 Å². The molecule has 0 heterocycles. The van der Waals surface area contributed by atoms with Crippen LogP contribution in [0.4, 0.5) is 0 Å². The Morgan fingerprint density at radius 3 is 2.17 bits per heavy atom. The first-order chi connectivity index (χ1) is 5.85. The van der Waals surface area contributed by atoms with Gasteiger partial charge < -0.3 is 15.3 Å². The molecule has 0 aromatic carbocycles. The van der Waals surface area contributed by atoms with Gasteiger partial charge in [0.1, 0.15) is 0 Å². The van der Waals surface area contributed by atoms with Crippen molar-refractivity contribution in [3.05, 3.63) is 0 Å². The fourth-order valence-corrected chi connectivity index (χ4v) is 2.53. The summed E-state index contributed by atoms with van der Waals surface area (Å²) in [6.45, 7) is 0.489. The Kier molecular flexibility index (Phi) is 10.1. The molecular weight excluding hydrogens is 196 g/mol. The molecule has 0 aliphatic carbocycles. The first kappa shape index (κ1) is 12.6. The molecule has 1 atom stereocenters. The second kappa shape index (κ2) is 9.67. The van der Waals surface area contributed by atoms with E-state index in [9.17, 15) is 0 Å². The lowest BCUT2D eigenvalue weighted by Gasteiger charge is -2.11. The molecule has 0 saturated carbocycles. The van der Waals surface area contributed by atoms with E-state index in [1.54, 1.807) is 23.5 Å². The van der Waals surface area contributed by atoms with E-state index in [0.29, 0.717) is 5.75 Å². The highest BCUT2D eigenvalue weighted by molar-refractivity contribution is 8.03. The predicted molar refractivity (Wildman–Crippen MR) is 54.8 cm³/mol. The molecule has 5 heteroatoms. The summed E-state index contributed by atoms with van der Waals surface area (Å²) in [7, 11) is 0. The SMILES string of the molecule is OCCSCC(CO)SCCO. The number of hydrogen-bond acceptors (Lipinski definition) is 5. The summed E-state index contributed by atoms with van der Waals surface area (Å²) >= 11 is 3.19. The second-order valence-corrected chi connectivity index (χ2v) is 4.76. The van der Waals surface area contributed by atoms with Crippen LogP contribution in [0, 0.1) is 0 Å². The monoisotopic (exact) mass is 212 g/mol. The Hall–Kier alpha value is 0.580. The Balaban J connectivity index is 3.26. The minimum atomic E-state index is 0.142. The van der Waals surface area contributed by atoms with Crippen molar-refractivity contribution in [2.45, 2.75) is 5.25 Å². The van der Waals surface area contributed by atoms with Crippen LogP contribution in [0.1, 0.15) is 0 Å². The van der Waals surface area contributed by atoms with Crippen LogP contribution in [0.2, 0.25) is 0 Å². The molecule has 3 nitrogen and oxygen atoms in total. The maximum Gasteiger partial charge on any atom is 0.0558 e. The normalized spacial score (nSPS) is 13.2. The molecule has 0 aromatic rings. The average Bonchev–Trinajstić information content (AvgIpc) is 2.11. The number of rotatable bonds is 8. The van der Waals surface area contributed by atoms with Crippen LogP contribution < -0.4 is 0 Å². The first-order valence-corrected chi connectivity index (χ1v) is 6.07. The lowest BCUT2D eigenvalue weighted by molar-refractivity contribution is 0.299. The van der Waals surface area contributed by atoms with Gasteiger partial charge in [-0.2, -0.15) is 23.5 Å². The minimum Gasteiger partial charge on any atom is -0.396 e. The van der Waals surface area contributed by atoms with Gasteiger partial charge in [0.25, 0.3) is 0 Å². The Labute approximate surface area is 81.6 Å². The highest BCUT2D eigenvalue weighted by Crippen LogP contribution is 2.15. The van der Waals surface area contributed by atoms with Gasteiger partial charge >= 0.3 is 0 Å². The zero-order valence-corrected chi connectivity index (χ0v) is 8.61. The van der Waals surface area contributed by atoms with Gasteiger partial charge in [0.15, 0.2) is 0 Å². The maximum atomic E-state index is 8.87. The van der Waals surface area contributed by atoms with Crippen molar-refractivity contribution in [2.24, 2.45) is 0 Å². The lowest BCUT2D eigenvalue weighted by atomic mass is 10.5. The Bertz CT molecular complexity index is 92.7. The number of hydrogen-bond donors (Lipinski definition) is 3. The van der Waals surface area contributed by atoms with Crippen molar-refractivity contribution in [1.82, 2.24) is 0 Å². The molecule has 0 rings (SSSR count). The standard InChI is InChI=1S/C7H16O3S2/c8-1-3-11-6-7(5-10)12-4-2-9/h7-10H,1-6H2. The van der Waals surface area contributed by atoms with Gasteiger partial charge in [-0.1, -0.05) is 0 Å². The molecule has 1 unspecified atom stereocenters. The van der Waals surface area contributed by atoms with E-state index in [4.69, 9.17) is 15.3 Å². The Morgan fingerprint density at radius 2 is 1.67 bits per heavy atom. The van der Waals surface area contributed by atoms with Crippen LogP contribution in [-0.4, -0.2) is 57.6 Å². The summed E-state index contributed by atoms with van der Waals surface area (Å²) in [6.07, 6.45) is 0. The zero-order valence-electron chi connectivity index (χ0n) is 6.98. The van der Waals surface area contributed by atoms with Crippen molar-refractivity contribution < 1.29 is 15.3 Å². The van der Waals surface area contributed by atoms with E-state index in [0.717, 1.165) is 11.5 Å². The van der Waals surface area contributed by atoms with Crippen LogP contribution in [0.15, 0.2) is 0 Å². The maximum absolute atomic E-state index is 8.87. The van der Waals surface area contributed by atoms with E-state index in [2.05, 4.69) is 0 Å². The van der Waals surface area contributed by atoms with Crippen LogP contribution in [0.3, 0.4) is 0 Å². The summed E-state index contributed by atoms with van der Waals surface area (Å²) in [5.74, 6) is 2.23. The Morgan fingerprint density at radius 1 is 1.00 bits per heavy atom. The van der Waals surface area contributed by atoms with Crippen molar-refractivity contribution in [3.63, 3.8) is 0 Å². The van der Waals surface area contributed by atoms with Gasteiger partial charge in [0.2, 0.25) is 0 Å². The summed E-state index contributed by atoms with van der Waals surface area (Å²) in [4.78, 5) is 0. The molecule has 12 heavy (non-hydrogen) atoms. The summed E-state index contributed by atoms with van der Waals surface area (Å²) in [5.41, 5.74) is 0. The number of aliphatic hydroxyl groups excluding tert-OH is 3. The van der Waals surface area contributed by atoms with Crippen molar-refractivity contribution in [2.75, 3.05) is 37.1 Å². The molecule has 0 spiro atoms. The van der Waals surface area contributed by atoms with Crippen LogP contribution in [0.25, 0.3) is 0 Å². The predicted octanol–water partition coefficient (Wildman–Crippen LogP) is -0.202. The topological polar surface area (TPSA) is 60.7 Å². The second-order valence-electron chi connectivity index (χ2n) is 2.20. The molecule has 0 radical (unpaired) electrons. The minimum absolute atomic E-state index is 0.142. The molecule has 0 saturated heterocycles. The summed E-state index contributed by atoms with van der Waals surface area (Å²) in [5, 5.41) is 26.1. The van der Waals surface area contributed by atoms with Crippen LogP contribution >= 0.6 is 23.5 Å². The highest BCUT2D eigenvalue weighted by Gasteiger charge is 2.06. The van der Waals surface area contributed by atoms with Gasteiger partial charge in [0, 0.05) is 22.5 Å². The first-order valence-electron chi connectivity index (χ1n) is 3.87. The van der Waals surface area contributed by atoms with Crippen molar-refractivity contribution in [1.29, 1.82) is 0 Å². The van der Waals surface area contributed by atoms with E-state index in [-0.39, 0.29) is 25.1 Å². The molecule has 74 valence electrons. The lowest BCUT2D eigenvalue weighted by Crippen LogP contribution is -2.14. The van der Waals surface area contributed by atoms with E-state index in [1.807, 2.05) is 0 Å². The van der Waals surface area contributed by atoms with E-state index in [1.165, 1.54) is 0 Å². The molecule has 3 N–H and O–H groups in total. The third-order valence-corrected chi connectivity index (χ3v) is 3.71. The summed E-state index contributed by atoms with van der Waals surface area (Å²) in [6, 6.07) is 0. The quantitative estimate of drug-likeness (QED) is 0.486. The smallest absolute Gasteiger partial charge is 0.0558 e. The van der Waals surface area contributed by atoms with Gasteiger partial charge in [-0.05, 0) is 0 Å². The van der Waals surface area contributed by atoms with Gasteiger partial charge in [0.05, 0.1) is 19.8 Å². The number of thioether (sulfide) groups is 2. The molecular formula is C7H16O3S2. The van der Waals surface area contributed by atoms with Crippen molar-refractivity contribution in [3.8, 4) is 0 Å². The third kappa shape index (κ3) is 7.24. The third-order valence-electron chi connectivity index (χ3n) is 1.19. The molecule has 0 aliphatic rings. The fourth-order valence-electron chi connectivity index (χ4n) is 0.652. The van der Waals surface area contributed by atoms with Gasteiger partial charge in [-0.3, -0.25) is 0 Å². The molecule has 0 fully saturated rings. The molecule has 0 bridgehead atoms. The molecule has 0 aromatic heterocycles. The largest absolute Gasteiger partial charge is 0.396 e. The fraction of sp³-hybridized carbons (Fsp3) is 1.00. The average molecular weight is 212 g/mol. The molecule has 0 amide bonds. The molecule has 0 aliphatic heterocycles. The highest BCUT2D eigenvalue weighted by atomic mass is 32.2. The van der Waals surface area contributed by atoms with E-state index < -0.39 is 0 Å². The van der Waals surface area contributed by atoms with Crippen LogP contribution in [0.5, 0.6) is 0 Å². The summed E-state index contributed by atoms with van der Waals surface area (Å²) < 4.78 is 0. The van der Waals surface area contributed by atoms with Gasteiger partial charge in [-0.25, -0.2) is 0 Å². The number of aliphatic hydroxyl groups is 3. The van der Waals surface area contributed by atoms with E-state index >= 15 is 0 Å².